The number of hydrogen-bond acceptors (Lipinski definition) is 5. The molecule has 2 aromatic carbocycles. The fourth-order valence-electron chi connectivity index (χ4n) is 9.11. The zero-order chi connectivity index (χ0) is 29.0. The molecule has 9 rings (SSSR count). The van der Waals surface area contributed by atoms with Crippen LogP contribution in [0, 0.1) is 5.41 Å². The van der Waals surface area contributed by atoms with Gasteiger partial charge in [-0.15, -0.1) is 0 Å². The summed E-state index contributed by atoms with van der Waals surface area (Å²) in [4.78, 5) is 17.1. The van der Waals surface area contributed by atoms with E-state index in [1.165, 1.54) is 65.4 Å². The minimum Gasteiger partial charge on any atom is -0.497 e. The largest absolute Gasteiger partial charge is 0.497 e. The van der Waals surface area contributed by atoms with Crippen LogP contribution in [0.4, 0.5) is 0 Å². The first kappa shape index (κ1) is 26.5. The van der Waals surface area contributed by atoms with Gasteiger partial charge in [0.2, 0.25) is 5.91 Å². The molecule has 1 N–H and O–H groups in total. The van der Waals surface area contributed by atoms with Crippen LogP contribution in [0.25, 0.3) is 22.2 Å². The van der Waals surface area contributed by atoms with Crippen molar-refractivity contribution in [2.24, 2.45) is 5.41 Å². The Morgan fingerprint density at radius 2 is 1.77 bits per heavy atom. The summed E-state index contributed by atoms with van der Waals surface area (Å²) < 4.78 is 20.3. The Balaban J connectivity index is 1.22. The van der Waals surface area contributed by atoms with E-state index in [4.69, 9.17) is 14.2 Å². The Morgan fingerprint density at radius 3 is 2.47 bits per heavy atom. The molecule has 0 bridgehead atoms. The number of carbonyl (C=O) groups is 1. The highest BCUT2D eigenvalue weighted by Crippen LogP contribution is 2.67. The van der Waals surface area contributed by atoms with Gasteiger partial charge in [0.25, 0.3) is 0 Å². The molecule has 1 saturated heterocycles. The van der Waals surface area contributed by atoms with E-state index in [1.54, 1.807) is 7.11 Å². The Kier molecular flexibility index (Phi) is 5.75. The van der Waals surface area contributed by atoms with E-state index in [2.05, 4.69) is 45.9 Å². The van der Waals surface area contributed by atoms with Crippen molar-refractivity contribution >= 4 is 16.8 Å². The first-order valence-electron chi connectivity index (χ1n) is 16.5. The second-order valence-corrected chi connectivity index (χ2v) is 14.5. The number of fused-ring (bicyclic) bond motifs is 7. The molecule has 4 aliphatic carbocycles. The third kappa shape index (κ3) is 4.07. The van der Waals surface area contributed by atoms with Crippen LogP contribution in [0.1, 0.15) is 92.7 Å². The van der Waals surface area contributed by atoms with Gasteiger partial charge in [0, 0.05) is 42.0 Å². The van der Waals surface area contributed by atoms with Gasteiger partial charge in [-0.05, 0) is 91.8 Å². The number of aromatic nitrogens is 1. The molecular formula is C36H42N2O5. The number of methoxy groups -OCH3 is 1. The predicted molar refractivity (Wildman–Crippen MR) is 163 cm³/mol. The van der Waals surface area contributed by atoms with Crippen LogP contribution in [0.15, 0.2) is 36.4 Å². The second-order valence-electron chi connectivity index (χ2n) is 14.5. The standard InChI is InChI=1S/C36H42N2O5/c1-41-25-8-10-26-28(16-25)29-17-36(29,33(40)37-19-34(11-12-34)43-35(20-37)13-14-35)21-38-30-15-23(18-42-22-39)7-9-27(30)31(32(26)38)24-5-3-2-4-6-24/h7-10,15-16,24,29,39H,2-6,11-14,17-22H2,1H3. The third-order valence-corrected chi connectivity index (χ3v) is 11.7. The molecular weight excluding hydrogens is 540 g/mol. The van der Waals surface area contributed by atoms with Crippen LogP contribution in [-0.2, 0) is 27.4 Å². The first-order chi connectivity index (χ1) is 21.0. The molecule has 1 aromatic heterocycles. The van der Waals surface area contributed by atoms with Crippen LogP contribution in [0.3, 0.4) is 0 Å². The summed E-state index contributed by atoms with van der Waals surface area (Å²) >= 11 is 0. The number of aliphatic hydroxyl groups is 1. The smallest absolute Gasteiger partial charge is 0.231 e. The minimum absolute atomic E-state index is 0.0988. The Hall–Kier alpha value is -2.87. The number of amides is 1. The lowest BCUT2D eigenvalue weighted by molar-refractivity contribution is -0.160. The molecule has 1 amide bonds. The summed E-state index contributed by atoms with van der Waals surface area (Å²) in [6, 6.07) is 13.2. The summed E-state index contributed by atoms with van der Waals surface area (Å²) in [7, 11) is 1.74. The van der Waals surface area contributed by atoms with E-state index < -0.39 is 5.41 Å². The van der Waals surface area contributed by atoms with Gasteiger partial charge in [0.1, 0.15) is 12.5 Å². The SMILES string of the molecule is COc1ccc2c(c1)C1CC1(C(=O)N1CC3(CC3)OC3(CC3)C1)Cn1c-2c(C2CCCCC2)c2ccc(COCO)cc21. The predicted octanol–water partition coefficient (Wildman–Crippen LogP) is 6.24. The Bertz CT molecular complexity index is 1610. The van der Waals surface area contributed by atoms with E-state index >= 15 is 0 Å². The number of hydrogen-bond donors (Lipinski definition) is 1. The average molecular weight is 583 g/mol. The highest BCUT2D eigenvalue weighted by atomic mass is 16.6. The van der Waals surface area contributed by atoms with Gasteiger partial charge in [0.15, 0.2) is 0 Å². The van der Waals surface area contributed by atoms with Crippen LogP contribution in [0.2, 0.25) is 0 Å². The van der Waals surface area contributed by atoms with Gasteiger partial charge in [-0.1, -0.05) is 31.4 Å². The maximum absolute atomic E-state index is 14.9. The quantitative estimate of drug-likeness (QED) is 0.348. The number of nitrogens with zero attached hydrogens (tertiary/aromatic N) is 2. The van der Waals surface area contributed by atoms with Gasteiger partial charge in [-0.2, -0.15) is 0 Å². The normalized spacial score (nSPS) is 27.9. The minimum atomic E-state index is -0.469. The van der Waals surface area contributed by atoms with Gasteiger partial charge in [0.05, 0.1) is 36.0 Å². The van der Waals surface area contributed by atoms with Crippen molar-refractivity contribution in [2.45, 2.75) is 100 Å². The Morgan fingerprint density at radius 1 is 1.00 bits per heavy atom. The molecule has 7 heteroatoms. The molecule has 7 nitrogen and oxygen atoms in total. The van der Waals surface area contributed by atoms with E-state index in [0.29, 0.717) is 25.0 Å². The topological polar surface area (TPSA) is 73.2 Å². The van der Waals surface area contributed by atoms with E-state index in [0.717, 1.165) is 56.5 Å². The zero-order valence-electron chi connectivity index (χ0n) is 25.2. The van der Waals surface area contributed by atoms with Crippen molar-refractivity contribution in [1.29, 1.82) is 0 Å². The van der Waals surface area contributed by atoms with Crippen LogP contribution in [-0.4, -0.2) is 58.7 Å². The number of aliphatic hydroxyl groups excluding tert-OH is 1. The molecule has 226 valence electrons. The third-order valence-electron chi connectivity index (χ3n) is 11.7. The average Bonchev–Trinajstić information content (AvgIpc) is 3.99. The fourth-order valence-corrected chi connectivity index (χ4v) is 9.11. The first-order valence-corrected chi connectivity index (χ1v) is 16.5. The molecule has 2 unspecified atom stereocenters. The van der Waals surface area contributed by atoms with Crippen LogP contribution in [0.5, 0.6) is 5.75 Å². The number of ether oxygens (including phenoxy) is 3. The van der Waals surface area contributed by atoms with Gasteiger partial charge in [-0.3, -0.25) is 4.79 Å². The molecule has 3 aromatic rings. The van der Waals surface area contributed by atoms with E-state index in [-0.39, 0.29) is 23.9 Å². The maximum atomic E-state index is 14.9. The fraction of sp³-hybridized carbons (Fsp3) is 0.583. The lowest BCUT2D eigenvalue weighted by Gasteiger charge is -2.41. The number of benzene rings is 2. The van der Waals surface area contributed by atoms with Crippen molar-refractivity contribution in [2.75, 3.05) is 27.0 Å². The molecule has 2 spiro atoms. The molecule has 4 saturated carbocycles. The summed E-state index contributed by atoms with van der Waals surface area (Å²) in [6.07, 6.45) is 11.4. The number of rotatable bonds is 6. The second kappa shape index (κ2) is 9.32. The number of morpholine rings is 1. The van der Waals surface area contributed by atoms with Gasteiger partial charge < -0.3 is 28.8 Å². The summed E-state index contributed by atoms with van der Waals surface area (Å²) in [5.41, 5.74) is 6.87. The molecule has 3 heterocycles. The molecule has 2 atom stereocenters. The van der Waals surface area contributed by atoms with Crippen molar-refractivity contribution in [3.05, 3.63) is 53.1 Å². The highest BCUT2D eigenvalue weighted by molar-refractivity contribution is 5.96. The molecule has 43 heavy (non-hydrogen) atoms. The van der Waals surface area contributed by atoms with Crippen LogP contribution < -0.4 is 4.74 Å². The number of carbonyl (C=O) groups excluding carboxylic acids is 1. The molecule has 0 radical (unpaired) electrons. The highest BCUT2D eigenvalue weighted by Gasteiger charge is 2.67. The zero-order valence-corrected chi connectivity index (χ0v) is 25.2. The van der Waals surface area contributed by atoms with Crippen molar-refractivity contribution in [3.63, 3.8) is 0 Å². The lowest BCUT2D eigenvalue weighted by Crippen LogP contribution is -2.55. The van der Waals surface area contributed by atoms with Crippen molar-refractivity contribution in [1.82, 2.24) is 9.47 Å². The monoisotopic (exact) mass is 582 g/mol. The van der Waals surface area contributed by atoms with Crippen LogP contribution >= 0.6 is 0 Å². The van der Waals surface area contributed by atoms with Crippen molar-refractivity contribution in [3.8, 4) is 17.0 Å². The summed E-state index contributed by atoms with van der Waals surface area (Å²) in [6.45, 7) is 2.23. The van der Waals surface area contributed by atoms with Crippen molar-refractivity contribution < 1.29 is 24.1 Å². The summed E-state index contributed by atoms with van der Waals surface area (Å²) in [5, 5.41) is 10.7. The molecule has 5 fully saturated rings. The van der Waals surface area contributed by atoms with Gasteiger partial charge in [-0.25, -0.2) is 0 Å². The maximum Gasteiger partial charge on any atom is 0.231 e. The molecule has 6 aliphatic rings. The van der Waals surface area contributed by atoms with E-state index in [1.807, 2.05) is 0 Å². The Labute approximate surface area is 253 Å². The van der Waals surface area contributed by atoms with E-state index in [9.17, 15) is 9.90 Å². The molecule has 2 aliphatic heterocycles. The summed E-state index contributed by atoms with van der Waals surface area (Å²) in [5.74, 6) is 1.86. The lowest BCUT2D eigenvalue weighted by atomic mass is 9.81. The van der Waals surface area contributed by atoms with Gasteiger partial charge >= 0.3 is 0 Å².